The van der Waals surface area contributed by atoms with Gasteiger partial charge in [0.05, 0.1) is 43.6 Å². The molecule has 33 heavy (non-hydrogen) atoms. The minimum atomic E-state index is -1.15. The minimum Gasteiger partial charge on any atom is -0.481 e. The summed E-state index contributed by atoms with van der Waals surface area (Å²) in [5.74, 6) is -5.97. The van der Waals surface area contributed by atoms with Gasteiger partial charge in [-0.25, -0.2) is 4.90 Å². The molecule has 1 N–H and O–H groups in total. The first-order valence-electron chi connectivity index (χ1n) is 10.3. The summed E-state index contributed by atoms with van der Waals surface area (Å²) in [7, 11) is 0. The quantitative estimate of drug-likeness (QED) is 0.221. The first-order chi connectivity index (χ1) is 15.5. The molecule has 4 aliphatic rings. The fourth-order valence-electron chi connectivity index (χ4n) is 4.38. The van der Waals surface area contributed by atoms with Crippen LogP contribution in [-0.4, -0.2) is 76.7 Å². The number of cyclic esters (lactones) is 2. The number of aliphatic carboxylic acids is 1. The van der Waals surface area contributed by atoms with Crippen LogP contribution in [0.1, 0.15) is 39.5 Å². The fourth-order valence-corrected chi connectivity index (χ4v) is 4.38. The number of nitrogens with zero attached hydrogens (tertiary/aromatic N) is 1. The van der Waals surface area contributed by atoms with Crippen molar-refractivity contribution >= 4 is 41.7 Å². The molecule has 4 saturated heterocycles. The first kappa shape index (κ1) is 24.3. The Balaban J connectivity index is 0.000000374. The lowest BCUT2D eigenvalue weighted by Crippen LogP contribution is -2.45. The van der Waals surface area contributed by atoms with E-state index in [1.54, 1.807) is 6.92 Å². The van der Waals surface area contributed by atoms with Crippen molar-refractivity contribution in [1.29, 1.82) is 0 Å². The molecular weight excluding hydrogens is 446 g/mol. The van der Waals surface area contributed by atoms with Crippen LogP contribution in [0.3, 0.4) is 0 Å². The maximum absolute atomic E-state index is 12.6. The highest BCUT2D eigenvalue weighted by molar-refractivity contribution is 6.06. The highest BCUT2D eigenvalue weighted by atomic mass is 16.6. The van der Waals surface area contributed by atoms with Crippen molar-refractivity contribution in [3.63, 3.8) is 0 Å². The van der Waals surface area contributed by atoms with Crippen molar-refractivity contribution in [3.05, 3.63) is 0 Å². The molecule has 0 aromatic rings. The van der Waals surface area contributed by atoms with Crippen LogP contribution in [0, 0.1) is 17.8 Å². The summed E-state index contributed by atoms with van der Waals surface area (Å²) in [5.41, 5.74) is 0. The van der Waals surface area contributed by atoms with E-state index in [2.05, 4.69) is 4.74 Å². The summed E-state index contributed by atoms with van der Waals surface area (Å²) in [5, 5.41) is 8.54. The van der Waals surface area contributed by atoms with E-state index in [0.29, 0.717) is 0 Å². The van der Waals surface area contributed by atoms with E-state index in [-0.39, 0.29) is 25.2 Å². The predicted octanol–water partition coefficient (Wildman–Crippen LogP) is -0.848. The lowest BCUT2D eigenvalue weighted by molar-refractivity contribution is -0.160. The largest absolute Gasteiger partial charge is 0.481 e. The maximum Gasteiger partial charge on any atom is 0.314 e. The number of carbonyl (C=O) groups excluding carboxylic acids is 6. The van der Waals surface area contributed by atoms with Gasteiger partial charge in [-0.3, -0.25) is 33.6 Å². The molecule has 4 fully saturated rings. The van der Waals surface area contributed by atoms with Gasteiger partial charge in [0.1, 0.15) is 12.2 Å². The number of carboxylic acids is 1. The van der Waals surface area contributed by atoms with Gasteiger partial charge in [0.15, 0.2) is 6.73 Å². The Morgan fingerprint density at radius 2 is 1.58 bits per heavy atom. The summed E-state index contributed by atoms with van der Waals surface area (Å²) >= 11 is 0. The second kappa shape index (κ2) is 9.65. The average molecular weight is 469 g/mol. The maximum atomic E-state index is 12.6. The molecule has 4 rings (SSSR count). The van der Waals surface area contributed by atoms with E-state index in [1.165, 1.54) is 6.92 Å². The Kier molecular flexibility index (Phi) is 7.10. The Hall–Kier alpha value is -3.35. The molecule has 6 atom stereocenters. The number of likely N-dealkylation sites (tertiary alicyclic amines) is 1. The van der Waals surface area contributed by atoms with Crippen LogP contribution in [-0.2, 0) is 52.5 Å². The van der Waals surface area contributed by atoms with E-state index >= 15 is 0 Å². The third-order valence-electron chi connectivity index (χ3n) is 5.83. The van der Waals surface area contributed by atoms with Gasteiger partial charge in [-0.15, -0.1) is 0 Å². The molecule has 2 amide bonds. The highest BCUT2D eigenvalue weighted by Crippen LogP contribution is 2.52. The van der Waals surface area contributed by atoms with E-state index < -0.39 is 85.0 Å². The molecule has 0 spiro atoms. The fraction of sp³-hybridized carbons (Fsp3) is 0.650. The zero-order chi connectivity index (χ0) is 24.4. The molecule has 0 saturated carbocycles. The second-order valence-electron chi connectivity index (χ2n) is 8.04. The summed E-state index contributed by atoms with van der Waals surface area (Å²) in [6.07, 6.45) is -2.07. The molecule has 13 heteroatoms. The van der Waals surface area contributed by atoms with Gasteiger partial charge in [0, 0.05) is 12.8 Å². The number of carbonyl (C=O) groups is 7. The summed E-state index contributed by atoms with van der Waals surface area (Å²) in [6, 6.07) is 0. The molecule has 13 nitrogen and oxygen atoms in total. The monoisotopic (exact) mass is 469 g/mol. The van der Waals surface area contributed by atoms with Crippen LogP contribution in [0.15, 0.2) is 0 Å². The van der Waals surface area contributed by atoms with Gasteiger partial charge in [0.2, 0.25) is 11.8 Å². The SMILES string of the molecule is CC(=O)OC1C2O[C@@H](C3C(=O)N(COC(=O)CCC(=O)O)C(=O)C23)[C@H]1C.O=C1CCC(=O)O1. The van der Waals surface area contributed by atoms with Gasteiger partial charge < -0.3 is 24.1 Å². The molecule has 2 bridgehead atoms. The third kappa shape index (κ3) is 5.02. The highest BCUT2D eigenvalue weighted by Gasteiger charge is 2.69. The van der Waals surface area contributed by atoms with Crippen LogP contribution in [0.25, 0.3) is 0 Å². The van der Waals surface area contributed by atoms with Gasteiger partial charge in [-0.1, -0.05) is 6.92 Å². The number of rotatable bonds is 6. The lowest BCUT2D eigenvalue weighted by Gasteiger charge is -2.29. The molecule has 4 unspecified atom stereocenters. The average Bonchev–Trinajstić information content (AvgIpc) is 3.44. The standard InChI is InChI=1S/C16H19NO9.C4H4O3/c1-6-12-10-11(14(26-12)13(6)25-7(2)18)16(23)17(15(10)22)5-24-9(21)4-3-8(19)20;5-3-1-2-4(6)7-3/h6,10-14H,3-5H2,1-2H3,(H,19,20);1-2H2/t6-,10?,11?,12-,13?,14?;/m1./s1. The van der Waals surface area contributed by atoms with Crippen molar-refractivity contribution in [2.75, 3.05) is 6.73 Å². The Morgan fingerprint density at radius 1 is 1.00 bits per heavy atom. The Morgan fingerprint density at radius 3 is 2.06 bits per heavy atom. The number of esters is 4. The normalized spacial score (nSPS) is 31.6. The van der Waals surface area contributed by atoms with Gasteiger partial charge in [-0.2, -0.15) is 0 Å². The van der Waals surface area contributed by atoms with Crippen molar-refractivity contribution < 1.29 is 57.6 Å². The van der Waals surface area contributed by atoms with Crippen molar-refractivity contribution in [2.24, 2.45) is 17.8 Å². The second-order valence-corrected chi connectivity index (χ2v) is 8.04. The summed E-state index contributed by atoms with van der Waals surface area (Å²) < 4.78 is 19.9. The number of hydrogen-bond acceptors (Lipinski definition) is 11. The van der Waals surface area contributed by atoms with E-state index in [1.807, 2.05) is 0 Å². The molecule has 0 aromatic carbocycles. The molecule has 180 valence electrons. The first-order valence-corrected chi connectivity index (χ1v) is 10.3. The number of hydrogen-bond donors (Lipinski definition) is 1. The molecule has 0 aliphatic carbocycles. The molecule has 0 aromatic heterocycles. The van der Waals surface area contributed by atoms with Gasteiger partial charge >= 0.3 is 29.8 Å². The Labute approximate surface area is 187 Å². The van der Waals surface area contributed by atoms with E-state index in [0.717, 1.165) is 4.90 Å². The number of fused-ring (bicyclic) bond motifs is 5. The van der Waals surface area contributed by atoms with E-state index in [4.69, 9.17) is 19.3 Å². The lowest BCUT2D eigenvalue weighted by atomic mass is 9.74. The number of imide groups is 1. The predicted molar refractivity (Wildman–Crippen MR) is 100 cm³/mol. The topological polar surface area (TPSA) is 180 Å². The van der Waals surface area contributed by atoms with Crippen LogP contribution >= 0.6 is 0 Å². The minimum absolute atomic E-state index is 0.236. The Bertz CT molecular complexity index is 883. The number of carboxylic acid groups (broad SMARTS) is 1. The zero-order valence-corrected chi connectivity index (χ0v) is 17.9. The van der Waals surface area contributed by atoms with Crippen LogP contribution in [0.4, 0.5) is 0 Å². The molecule has 4 aliphatic heterocycles. The molecule has 4 heterocycles. The van der Waals surface area contributed by atoms with Gasteiger partial charge in [0.25, 0.3) is 0 Å². The zero-order valence-electron chi connectivity index (χ0n) is 17.9. The number of amides is 2. The summed E-state index contributed by atoms with van der Waals surface area (Å²) in [4.78, 5) is 79.3. The van der Waals surface area contributed by atoms with Crippen LogP contribution in [0.2, 0.25) is 0 Å². The van der Waals surface area contributed by atoms with Crippen LogP contribution < -0.4 is 0 Å². The summed E-state index contributed by atoms with van der Waals surface area (Å²) in [6.45, 7) is 2.50. The third-order valence-corrected chi connectivity index (χ3v) is 5.83. The molecule has 0 radical (unpaired) electrons. The van der Waals surface area contributed by atoms with Crippen molar-refractivity contribution in [3.8, 4) is 0 Å². The smallest absolute Gasteiger partial charge is 0.314 e. The van der Waals surface area contributed by atoms with Crippen molar-refractivity contribution in [1.82, 2.24) is 4.90 Å². The molecular formula is C20H23NO12. The van der Waals surface area contributed by atoms with E-state index in [9.17, 15) is 33.6 Å². The van der Waals surface area contributed by atoms with Gasteiger partial charge in [-0.05, 0) is 0 Å². The number of ether oxygens (including phenoxy) is 4. The van der Waals surface area contributed by atoms with Crippen molar-refractivity contribution in [2.45, 2.75) is 57.8 Å². The van der Waals surface area contributed by atoms with Crippen LogP contribution in [0.5, 0.6) is 0 Å².